The number of hydrogen-bond donors (Lipinski definition) is 0. The van der Waals surface area contributed by atoms with E-state index < -0.39 is 12.0 Å². The minimum Gasteiger partial charge on any atom is -0.622 e. The van der Waals surface area contributed by atoms with Crippen molar-refractivity contribution >= 4 is 6.21 Å². The summed E-state index contributed by atoms with van der Waals surface area (Å²) in [6.07, 6.45) is 1.75. The highest BCUT2D eigenvalue weighted by molar-refractivity contribution is 5.54. The van der Waals surface area contributed by atoms with Gasteiger partial charge in [0.25, 0.3) is 6.23 Å². The van der Waals surface area contributed by atoms with Gasteiger partial charge in [-0.1, -0.05) is 0 Å². The molecule has 0 aliphatic carbocycles. The zero-order valence-corrected chi connectivity index (χ0v) is 6.61. The van der Waals surface area contributed by atoms with Gasteiger partial charge in [0.1, 0.15) is 0 Å². The molecule has 0 bridgehead atoms. The van der Waals surface area contributed by atoms with Gasteiger partial charge < -0.3 is 9.94 Å². The molecule has 4 nitrogen and oxygen atoms in total. The number of hydrogen-bond acceptors (Lipinski definition) is 3. The average molecular weight is 157 g/mol. The second-order valence-electron chi connectivity index (χ2n) is 3.34. The number of fused-ring (bicyclic) bond motifs is 1. The highest BCUT2D eigenvalue weighted by Crippen LogP contribution is 2.31. The average Bonchev–Trinajstić information content (AvgIpc) is 2.31. The van der Waals surface area contributed by atoms with E-state index in [-0.39, 0.29) is 6.10 Å². The summed E-state index contributed by atoms with van der Waals surface area (Å²) in [6, 6.07) is 0. The third-order valence-electron chi connectivity index (χ3n) is 1.93. The molecular weight excluding hydrogens is 146 g/mol. The molecule has 0 aromatic carbocycles. The second kappa shape index (κ2) is 1.95. The van der Waals surface area contributed by atoms with Crippen LogP contribution >= 0.6 is 0 Å². The SMILES string of the molecule is CC1(C)O[C@H]2CC=[N+]([O-])[C@H]2O1. The zero-order chi connectivity index (χ0) is 8.06. The fourth-order valence-corrected chi connectivity index (χ4v) is 1.51. The first-order valence-corrected chi connectivity index (χ1v) is 3.73. The fraction of sp³-hybridized carbons (Fsp3) is 0.857. The Hall–Kier alpha value is -0.610. The van der Waals surface area contributed by atoms with Gasteiger partial charge in [0, 0.05) is 0 Å². The zero-order valence-electron chi connectivity index (χ0n) is 6.61. The van der Waals surface area contributed by atoms with Crippen LogP contribution in [0.4, 0.5) is 0 Å². The maximum absolute atomic E-state index is 11.0. The number of hydroxylamine groups is 1. The molecular formula is C7H11NO3. The van der Waals surface area contributed by atoms with Crippen LogP contribution in [-0.4, -0.2) is 29.1 Å². The van der Waals surface area contributed by atoms with E-state index in [1.807, 2.05) is 13.8 Å². The predicted octanol–water partition coefficient (Wildman–Crippen LogP) is 0.449. The van der Waals surface area contributed by atoms with Crippen molar-refractivity contribution < 1.29 is 14.2 Å². The van der Waals surface area contributed by atoms with Crippen molar-refractivity contribution in [3.05, 3.63) is 5.21 Å². The van der Waals surface area contributed by atoms with Crippen molar-refractivity contribution in [3.63, 3.8) is 0 Å². The molecule has 0 aromatic rings. The van der Waals surface area contributed by atoms with E-state index in [4.69, 9.17) is 9.47 Å². The van der Waals surface area contributed by atoms with E-state index in [0.29, 0.717) is 6.42 Å². The van der Waals surface area contributed by atoms with Crippen LogP contribution in [0.15, 0.2) is 0 Å². The molecule has 2 heterocycles. The van der Waals surface area contributed by atoms with Crippen molar-refractivity contribution in [1.29, 1.82) is 0 Å². The Labute approximate surface area is 65.0 Å². The number of rotatable bonds is 0. The van der Waals surface area contributed by atoms with Gasteiger partial charge in [0.05, 0.1) is 6.42 Å². The molecule has 2 rings (SSSR count). The summed E-state index contributed by atoms with van der Waals surface area (Å²) in [5.74, 6) is -0.591. The molecule has 0 amide bonds. The lowest BCUT2D eigenvalue weighted by Crippen LogP contribution is -2.26. The van der Waals surface area contributed by atoms with Gasteiger partial charge in [0.15, 0.2) is 18.1 Å². The van der Waals surface area contributed by atoms with E-state index in [1.165, 1.54) is 0 Å². The molecule has 0 spiro atoms. The Morgan fingerprint density at radius 3 is 2.91 bits per heavy atom. The lowest BCUT2D eigenvalue weighted by Gasteiger charge is -2.16. The quantitative estimate of drug-likeness (QED) is 0.379. The third-order valence-corrected chi connectivity index (χ3v) is 1.93. The predicted molar refractivity (Wildman–Crippen MR) is 38.1 cm³/mol. The number of nitrogens with zero attached hydrogens (tertiary/aromatic N) is 1. The Balaban J connectivity index is 2.16. The van der Waals surface area contributed by atoms with Gasteiger partial charge in [-0.15, -0.1) is 0 Å². The van der Waals surface area contributed by atoms with Crippen LogP contribution in [0.25, 0.3) is 0 Å². The monoisotopic (exact) mass is 157 g/mol. The summed E-state index contributed by atoms with van der Waals surface area (Å²) >= 11 is 0. The van der Waals surface area contributed by atoms with Gasteiger partial charge in [0.2, 0.25) is 0 Å². The Bertz CT molecular complexity index is 212. The van der Waals surface area contributed by atoms with Crippen molar-refractivity contribution in [2.24, 2.45) is 0 Å². The molecule has 0 aromatic heterocycles. The molecule has 2 aliphatic heterocycles. The fourth-order valence-electron chi connectivity index (χ4n) is 1.51. The molecule has 0 radical (unpaired) electrons. The van der Waals surface area contributed by atoms with Crippen LogP contribution < -0.4 is 0 Å². The van der Waals surface area contributed by atoms with Crippen molar-refractivity contribution in [1.82, 2.24) is 0 Å². The summed E-state index contributed by atoms with van der Waals surface area (Å²) in [6.45, 7) is 3.64. The van der Waals surface area contributed by atoms with E-state index in [2.05, 4.69) is 0 Å². The first-order valence-electron chi connectivity index (χ1n) is 3.73. The molecule has 11 heavy (non-hydrogen) atoms. The summed E-state index contributed by atoms with van der Waals surface area (Å²) in [7, 11) is 0. The number of ether oxygens (including phenoxy) is 2. The molecule has 1 saturated heterocycles. The summed E-state index contributed by atoms with van der Waals surface area (Å²) < 4.78 is 11.6. The first-order chi connectivity index (χ1) is 5.08. The highest BCUT2D eigenvalue weighted by Gasteiger charge is 2.49. The van der Waals surface area contributed by atoms with Crippen LogP contribution in [0.2, 0.25) is 0 Å². The second-order valence-corrected chi connectivity index (χ2v) is 3.34. The molecule has 0 saturated carbocycles. The molecule has 2 aliphatic rings. The van der Waals surface area contributed by atoms with Crippen molar-refractivity contribution in [2.75, 3.05) is 0 Å². The molecule has 0 unspecified atom stereocenters. The van der Waals surface area contributed by atoms with Gasteiger partial charge in [-0.25, -0.2) is 0 Å². The van der Waals surface area contributed by atoms with Gasteiger partial charge in [-0.05, 0) is 13.8 Å². The maximum Gasteiger partial charge on any atom is 0.297 e. The molecule has 4 heteroatoms. The minimum absolute atomic E-state index is 0.0671. The largest absolute Gasteiger partial charge is 0.622 e. The van der Waals surface area contributed by atoms with E-state index >= 15 is 0 Å². The van der Waals surface area contributed by atoms with E-state index in [1.54, 1.807) is 6.21 Å². The van der Waals surface area contributed by atoms with Gasteiger partial charge in [-0.2, -0.15) is 4.74 Å². The van der Waals surface area contributed by atoms with Crippen LogP contribution in [-0.2, 0) is 9.47 Å². The smallest absolute Gasteiger partial charge is 0.297 e. The molecule has 2 atom stereocenters. The Morgan fingerprint density at radius 2 is 2.27 bits per heavy atom. The van der Waals surface area contributed by atoms with Crippen LogP contribution in [0, 0.1) is 5.21 Å². The van der Waals surface area contributed by atoms with Gasteiger partial charge >= 0.3 is 0 Å². The van der Waals surface area contributed by atoms with Crippen molar-refractivity contribution in [2.45, 2.75) is 38.4 Å². The summed E-state index contributed by atoms with van der Waals surface area (Å²) in [5, 5.41) is 11.0. The minimum atomic E-state index is -0.591. The van der Waals surface area contributed by atoms with Crippen LogP contribution in [0.5, 0.6) is 0 Å². The summed E-state index contributed by atoms with van der Waals surface area (Å²) in [5.41, 5.74) is 0. The normalized spacial score (nSPS) is 40.4. The van der Waals surface area contributed by atoms with E-state index in [0.717, 1.165) is 4.74 Å². The topological polar surface area (TPSA) is 44.5 Å². The van der Waals surface area contributed by atoms with E-state index in [9.17, 15) is 5.21 Å². The van der Waals surface area contributed by atoms with Crippen LogP contribution in [0.3, 0.4) is 0 Å². The Kier molecular flexibility index (Phi) is 1.25. The summed E-state index contributed by atoms with van der Waals surface area (Å²) in [4.78, 5) is 0. The van der Waals surface area contributed by atoms with Crippen LogP contribution in [0.1, 0.15) is 20.3 Å². The maximum atomic E-state index is 11.0. The third kappa shape index (κ3) is 1.02. The molecule has 62 valence electrons. The van der Waals surface area contributed by atoms with Crippen molar-refractivity contribution in [3.8, 4) is 0 Å². The first kappa shape index (κ1) is 7.06. The molecule has 0 N–H and O–H groups in total. The lowest BCUT2D eigenvalue weighted by molar-refractivity contribution is -0.545. The van der Waals surface area contributed by atoms with Gasteiger partial charge in [-0.3, -0.25) is 4.74 Å². The lowest BCUT2D eigenvalue weighted by atomic mass is 10.3. The standard InChI is InChI=1S/C7H11NO3/c1-7(2)10-5-3-4-8(9)6(5)11-7/h4-6H,3H2,1-2H3/t5-,6-/m0/s1. The Morgan fingerprint density at radius 1 is 1.55 bits per heavy atom. The molecule has 1 fully saturated rings. The highest BCUT2D eigenvalue weighted by atomic mass is 16.8.